The number of ether oxygens (including phenoxy) is 1. The second-order valence-electron chi connectivity index (χ2n) is 5.76. The third-order valence-electron chi connectivity index (χ3n) is 3.92. The lowest BCUT2D eigenvalue weighted by molar-refractivity contribution is 0.121. The summed E-state index contributed by atoms with van der Waals surface area (Å²) in [6, 6.07) is 0.703. The van der Waals surface area contributed by atoms with Crippen molar-refractivity contribution in [1.29, 1.82) is 0 Å². The Labute approximate surface area is 100 Å². The lowest BCUT2D eigenvalue weighted by atomic mass is 9.81. The van der Waals surface area contributed by atoms with Crippen LogP contribution in [0.5, 0.6) is 0 Å². The highest BCUT2D eigenvalue weighted by atomic mass is 16.5. The predicted molar refractivity (Wildman–Crippen MR) is 67.6 cm³/mol. The SMILES string of the molecule is CC(CC1CCC1)NCCCOCC1CC1. The molecule has 1 N–H and O–H groups in total. The molecule has 0 aromatic heterocycles. The standard InChI is InChI=1S/C14H27NO/c1-12(10-13-4-2-5-13)15-8-3-9-16-11-14-6-7-14/h12-15H,2-11H2,1H3. The van der Waals surface area contributed by atoms with Gasteiger partial charge in [0.2, 0.25) is 0 Å². The van der Waals surface area contributed by atoms with Crippen LogP contribution in [0.2, 0.25) is 0 Å². The van der Waals surface area contributed by atoms with Crippen LogP contribution in [0.15, 0.2) is 0 Å². The molecule has 0 amide bonds. The Bertz CT molecular complexity index is 187. The average molecular weight is 225 g/mol. The summed E-state index contributed by atoms with van der Waals surface area (Å²) in [7, 11) is 0. The second-order valence-corrected chi connectivity index (χ2v) is 5.76. The Kier molecular flexibility index (Phi) is 5.11. The Morgan fingerprint density at radius 2 is 2.00 bits per heavy atom. The fraction of sp³-hybridized carbons (Fsp3) is 1.00. The zero-order valence-electron chi connectivity index (χ0n) is 10.7. The summed E-state index contributed by atoms with van der Waals surface area (Å²) < 4.78 is 5.61. The molecule has 0 heterocycles. The molecule has 0 aromatic rings. The van der Waals surface area contributed by atoms with Gasteiger partial charge in [-0.25, -0.2) is 0 Å². The van der Waals surface area contributed by atoms with Gasteiger partial charge in [0.15, 0.2) is 0 Å². The minimum absolute atomic E-state index is 0.703. The average Bonchev–Trinajstić information content (AvgIpc) is 3.01. The summed E-state index contributed by atoms with van der Waals surface area (Å²) in [6.07, 6.45) is 9.75. The van der Waals surface area contributed by atoms with Crippen LogP contribution in [0.4, 0.5) is 0 Å². The van der Waals surface area contributed by atoms with Gasteiger partial charge in [-0.05, 0) is 51.0 Å². The van der Waals surface area contributed by atoms with Gasteiger partial charge >= 0.3 is 0 Å². The van der Waals surface area contributed by atoms with E-state index in [2.05, 4.69) is 12.2 Å². The molecule has 94 valence electrons. The third-order valence-corrected chi connectivity index (χ3v) is 3.92. The van der Waals surface area contributed by atoms with Crippen LogP contribution in [0.1, 0.15) is 51.9 Å². The van der Waals surface area contributed by atoms with E-state index in [1.807, 2.05) is 0 Å². The van der Waals surface area contributed by atoms with Crippen molar-refractivity contribution < 1.29 is 4.74 Å². The molecule has 1 unspecified atom stereocenters. The molecular weight excluding hydrogens is 198 g/mol. The largest absolute Gasteiger partial charge is 0.381 e. The predicted octanol–water partition coefficient (Wildman–Crippen LogP) is 2.97. The normalized spacial score (nSPS) is 23.1. The van der Waals surface area contributed by atoms with E-state index in [1.54, 1.807) is 0 Å². The highest BCUT2D eigenvalue weighted by Gasteiger charge is 2.21. The van der Waals surface area contributed by atoms with Crippen LogP contribution < -0.4 is 5.32 Å². The van der Waals surface area contributed by atoms with E-state index in [1.165, 1.54) is 44.9 Å². The van der Waals surface area contributed by atoms with Gasteiger partial charge in [0.1, 0.15) is 0 Å². The van der Waals surface area contributed by atoms with Crippen LogP contribution in [0, 0.1) is 11.8 Å². The Morgan fingerprint density at radius 1 is 1.19 bits per heavy atom. The Hall–Kier alpha value is -0.0800. The smallest absolute Gasteiger partial charge is 0.0494 e. The Morgan fingerprint density at radius 3 is 2.62 bits per heavy atom. The lowest BCUT2D eigenvalue weighted by Gasteiger charge is -2.28. The first-order valence-corrected chi connectivity index (χ1v) is 7.15. The van der Waals surface area contributed by atoms with Gasteiger partial charge in [-0.15, -0.1) is 0 Å². The molecule has 2 fully saturated rings. The van der Waals surface area contributed by atoms with E-state index < -0.39 is 0 Å². The first-order valence-electron chi connectivity index (χ1n) is 7.15. The van der Waals surface area contributed by atoms with Crippen LogP contribution in [0.25, 0.3) is 0 Å². The topological polar surface area (TPSA) is 21.3 Å². The zero-order valence-corrected chi connectivity index (χ0v) is 10.7. The van der Waals surface area contributed by atoms with Crippen molar-refractivity contribution in [2.75, 3.05) is 19.8 Å². The van der Waals surface area contributed by atoms with Crippen LogP contribution >= 0.6 is 0 Å². The van der Waals surface area contributed by atoms with Crippen molar-refractivity contribution in [1.82, 2.24) is 5.32 Å². The molecule has 0 spiro atoms. The van der Waals surface area contributed by atoms with E-state index in [-0.39, 0.29) is 0 Å². The van der Waals surface area contributed by atoms with Crippen molar-refractivity contribution in [2.24, 2.45) is 11.8 Å². The fourth-order valence-electron chi connectivity index (χ4n) is 2.37. The molecule has 2 rings (SSSR count). The number of rotatable bonds is 9. The monoisotopic (exact) mass is 225 g/mol. The van der Waals surface area contributed by atoms with E-state index in [0.717, 1.165) is 31.6 Å². The first-order chi connectivity index (χ1) is 7.84. The number of nitrogens with one attached hydrogen (secondary N) is 1. The molecule has 16 heavy (non-hydrogen) atoms. The highest BCUT2D eigenvalue weighted by molar-refractivity contribution is 4.75. The molecule has 2 saturated carbocycles. The number of hydrogen-bond donors (Lipinski definition) is 1. The summed E-state index contributed by atoms with van der Waals surface area (Å²) in [5, 5.41) is 3.61. The Balaban J connectivity index is 1.35. The van der Waals surface area contributed by atoms with Gasteiger partial charge in [0.25, 0.3) is 0 Å². The van der Waals surface area contributed by atoms with Crippen LogP contribution in [-0.4, -0.2) is 25.8 Å². The summed E-state index contributed by atoms with van der Waals surface area (Å²) in [5.74, 6) is 1.93. The summed E-state index contributed by atoms with van der Waals surface area (Å²) in [5.41, 5.74) is 0. The third kappa shape index (κ3) is 4.84. The van der Waals surface area contributed by atoms with Gasteiger partial charge in [-0.3, -0.25) is 0 Å². The van der Waals surface area contributed by atoms with E-state index in [9.17, 15) is 0 Å². The quantitative estimate of drug-likeness (QED) is 0.609. The zero-order chi connectivity index (χ0) is 11.2. The van der Waals surface area contributed by atoms with E-state index >= 15 is 0 Å². The first kappa shape index (κ1) is 12.4. The molecule has 2 aliphatic carbocycles. The molecular formula is C14H27NO. The molecule has 0 aromatic carbocycles. The van der Waals surface area contributed by atoms with Crippen molar-refractivity contribution in [2.45, 2.75) is 57.9 Å². The minimum atomic E-state index is 0.703. The number of hydrogen-bond acceptors (Lipinski definition) is 2. The molecule has 2 aliphatic rings. The van der Waals surface area contributed by atoms with Gasteiger partial charge < -0.3 is 10.1 Å². The fourth-order valence-corrected chi connectivity index (χ4v) is 2.37. The van der Waals surface area contributed by atoms with Gasteiger partial charge in [-0.1, -0.05) is 19.3 Å². The van der Waals surface area contributed by atoms with Crippen molar-refractivity contribution >= 4 is 0 Å². The summed E-state index contributed by atoms with van der Waals surface area (Å²) >= 11 is 0. The lowest BCUT2D eigenvalue weighted by Crippen LogP contribution is -2.31. The van der Waals surface area contributed by atoms with Crippen molar-refractivity contribution in [3.05, 3.63) is 0 Å². The highest BCUT2D eigenvalue weighted by Crippen LogP contribution is 2.30. The summed E-state index contributed by atoms with van der Waals surface area (Å²) in [6.45, 7) is 5.40. The molecule has 2 nitrogen and oxygen atoms in total. The van der Waals surface area contributed by atoms with Crippen LogP contribution in [-0.2, 0) is 4.74 Å². The molecule has 0 aliphatic heterocycles. The van der Waals surface area contributed by atoms with Crippen molar-refractivity contribution in [3.63, 3.8) is 0 Å². The summed E-state index contributed by atoms with van der Waals surface area (Å²) in [4.78, 5) is 0. The van der Waals surface area contributed by atoms with Gasteiger partial charge in [0.05, 0.1) is 0 Å². The van der Waals surface area contributed by atoms with E-state index in [0.29, 0.717) is 6.04 Å². The molecule has 0 saturated heterocycles. The second kappa shape index (κ2) is 6.61. The molecule has 2 heteroatoms. The van der Waals surface area contributed by atoms with Crippen molar-refractivity contribution in [3.8, 4) is 0 Å². The maximum Gasteiger partial charge on any atom is 0.0494 e. The van der Waals surface area contributed by atoms with E-state index in [4.69, 9.17) is 4.74 Å². The van der Waals surface area contributed by atoms with Gasteiger partial charge in [-0.2, -0.15) is 0 Å². The molecule has 1 atom stereocenters. The minimum Gasteiger partial charge on any atom is -0.381 e. The van der Waals surface area contributed by atoms with Gasteiger partial charge in [0, 0.05) is 19.3 Å². The maximum absolute atomic E-state index is 5.61. The van der Waals surface area contributed by atoms with Crippen LogP contribution in [0.3, 0.4) is 0 Å². The molecule has 0 bridgehead atoms. The molecule has 0 radical (unpaired) electrons. The maximum atomic E-state index is 5.61.